The van der Waals surface area contributed by atoms with Gasteiger partial charge in [-0.25, -0.2) is 0 Å². The molecule has 1 aliphatic heterocycles. The Kier molecular flexibility index (Phi) is 3.13. The molecular formula is C16H13NO3. The van der Waals surface area contributed by atoms with Crippen molar-refractivity contribution in [2.75, 3.05) is 7.11 Å². The first-order valence-corrected chi connectivity index (χ1v) is 6.19. The lowest BCUT2D eigenvalue weighted by Gasteiger charge is -2.04. The number of ether oxygens (including phenoxy) is 2. The monoisotopic (exact) mass is 267 g/mol. The SMILES string of the molecule is COc1ccc(O/C=C2\NC(=O)c3ccccc32)cc1. The predicted octanol–water partition coefficient (Wildman–Crippen LogP) is 2.82. The van der Waals surface area contributed by atoms with Crippen LogP contribution in [-0.4, -0.2) is 13.0 Å². The second kappa shape index (κ2) is 5.09. The third kappa shape index (κ3) is 2.23. The number of amides is 1. The summed E-state index contributed by atoms with van der Waals surface area (Å²) in [5.41, 5.74) is 2.18. The molecule has 0 saturated carbocycles. The maximum atomic E-state index is 11.7. The molecule has 0 aromatic heterocycles. The minimum atomic E-state index is -0.106. The first kappa shape index (κ1) is 12.3. The van der Waals surface area contributed by atoms with Gasteiger partial charge < -0.3 is 14.8 Å². The highest BCUT2D eigenvalue weighted by Crippen LogP contribution is 2.25. The van der Waals surface area contributed by atoms with Crippen molar-refractivity contribution >= 4 is 11.6 Å². The normalized spacial score (nSPS) is 14.8. The minimum Gasteiger partial charge on any atom is -0.497 e. The molecule has 0 saturated heterocycles. The summed E-state index contributed by atoms with van der Waals surface area (Å²) >= 11 is 0. The van der Waals surface area contributed by atoms with Crippen LogP contribution >= 0.6 is 0 Å². The summed E-state index contributed by atoms with van der Waals surface area (Å²) in [5, 5.41) is 2.78. The zero-order chi connectivity index (χ0) is 13.9. The van der Waals surface area contributed by atoms with Crippen molar-refractivity contribution in [2.45, 2.75) is 0 Å². The maximum Gasteiger partial charge on any atom is 0.256 e. The lowest BCUT2D eigenvalue weighted by atomic mass is 10.1. The van der Waals surface area contributed by atoms with Gasteiger partial charge in [-0.05, 0) is 30.3 Å². The first-order valence-electron chi connectivity index (χ1n) is 6.19. The average molecular weight is 267 g/mol. The van der Waals surface area contributed by atoms with Crippen molar-refractivity contribution in [2.24, 2.45) is 0 Å². The molecule has 4 nitrogen and oxygen atoms in total. The van der Waals surface area contributed by atoms with Crippen LogP contribution in [0.2, 0.25) is 0 Å². The van der Waals surface area contributed by atoms with Crippen molar-refractivity contribution in [3.8, 4) is 11.5 Å². The van der Waals surface area contributed by atoms with Crippen LogP contribution in [0.15, 0.2) is 54.8 Å². The number of methoxy groups -OCH3 is 1. The van der Waals surface area contributed by atoms with Crippen LogP contribution in [-0.2, 0) is 0 Å². The molecule has 0 unspecified atom stereocenters. The fourth-order valence-corrected chi connectivity index (χ4v) is 2.05. The minimum absolute atomic E-state index is 0.106. The van der Waals surface area contributed by atoms with Gasteiger partial charge in [-0.3, -0.25) is 4.79 Å². The smallest absolute Gasteiger partial charge is 0.256 e. The van der Waals surface area contributed by atoms with Crippen LogP contribution in [0.3, 0.4) is 0 Å². The van der Waals surface area contributed by atoms with Crippen LogP contribution in [0, 0.1) is 0 Å². The van der Waals surface area contributed by atoms with Crippen molar-refractivity contribution < 1.29 is 14.3 Å². The van der Waals surface area contributed by atoms with E-state index in [1.807, 2.05) is 30.3 Å². The molecule has 3 rings (SSSR count). The van der Waals surface area contributed by atoms with Crippen molar-refractivity contribution in [1.29, 1.82) is 0 Å². The van der Waals surface area contributed by atoms with Gasteiger partial charge in [0, 0.05) is 11.1 Å². The average Bonchev–Trinajstić information content (AvgIpc) is 2.83. The number of fused-ring (bicyclic) bond motifs is 1. The molecule has 1 N–H and O–H groups in total. The Labute approximate surface area is 116 Å². The Morgan fingerprint density at radius 2 is 1.60 bits per heavy atom. The third-order valence-corrected chi connectivity index (χ3v) is 3.08. The van der Waals surface area contributed by atoms with Gasteiger partial charge in [-0.2, -0.15) is 0 Å². The Balaban J connectivity index is 1.81. The molecule has 0 fully saturated rings. The fraction of sp³-hybridized carbons (Fsp3) is 0.0625. The van der Waals surface area contributed by atoms with Gasteiger partial charge in [0.1, 0.15) is 17.8 Å². The van der Waals surface area contributed by atoms with E-state index in [1.54, 1.807) is 31.6 Å². The van der Waals surface area contributed by atoms with Gasteiger partial charge in [0.2, 0.25) is 0 Å². The zero-order valence-electron chi connectivity index (χ0n) is 10.9. The summed E-state index contributed by atoms with van der Waals surface area (Å²) in [6.07, 6.45) is 1.55. The topological polar surface area (TPSA) is 47.6 Å². The lowest BCUT2D eigenvalue weighted by molar-refractivity contribution is 0.0980. The molecule has 0 radical (unpaired) electrons. The van der Waals surface area contributed by atoms with Gasteiger partial charge in [-0.1, -0.05) is 18.2 Å². The molecule has 1 heterocycles. The lowest BCUT2D eigenvalue weighted by Crippen LogP contribution is -2.12. The molecule has 0 bridgehead atoms. The van der Waals surface area contributed by atoms with E-state index in [4.69, 9.17) is 9.47 Å². The van der Waals surface area contributed by atoms with Crippen molar-refractivity contribution in [3.63, 3.8) is 0 Å². The number of hydrogen-bond donors (Lipinski definition) is 1. The molecule has 2 aromatic rings. The van der Waals surface area contributed by atoms with E-state index in [9.17, 15) is 4.79 Å². The van der Waals surface area contributed by atoms with E-state index in [2.05, 4.69) is 5.32 Å². The summed E-state index contributed by atoms with van der Waals surface area (Å²) in [5.74, 6) is 1.34. The van der Waals surface area contributed by atoms with Crippen LogP contribution < -0.4 is 14.8 Å². The molecule has 1 amide bonds. The Morgan fingerprint density at radius 1 is 0.950 bits per heavy atom. The summed E-state index contributed by atoms with van der Waals surface area (Å²) < 4.78 is 10.6. The van der Waals surface area contributed by atoms with Gasteiger partial charge in [-0.15, -0.1) is 0 Å². The molecular weight excluding hydrogens is 254 g/mol. The van der Waals surface area contributed by atoms with Gasteiger partial charge in [0.25, 0.3) is 5.91 Å². The number of carbonyl (C=O) groups is 1. The summed E-state index contributed by atoms with van der Waals surface area (Å²) in [6, 6.07) is 14.6. The van der Waals surface area contributed by atoms with Crippen molar-refractivity contribution in [1.82, 2.24) is 5.32 Å². The molecule has 2 aromatic carbocycles. The molecule has 0 aliphatic carbocycles. The summed E-state index contributed by atoms with van der Waals surface area (Å²) in [7, 11) is 1.61. The summed E-state index contributed by atoms with van der Waals surface area (Å²) in [4.78, 5) is 11.7. The Hall–Kier alpha value is -2.75. The van der Waals surface area contributed by atoms with E-state index >= 15 is 0 Å². The highest BCUT2D eigenvalue weighted by molar-refractivity contribution is 6.09. The molecule has 4 heteroatoms. The third-order valence-electron chi connectivity index (χ3n) is 3.08. The van der Waals surface area contributed by atoms with E-state index in [1.165, 1.54) is 0 Å². The fourth-order valence-electron chi connectivity index (χ4n) is 2.05. The molecule has 0 atom stereocenters. The van der Waals surface area contributed by atoms with Gasteiger partial charge in [0.05, 0.1) is 12.8 Å². The second-order valence-electron chi connectivity index (χ2n) is 4.32. The standard InChI is InChI=1S/C16H13NO3/c1-19-11-6-8-12(9-7-11)20-10-15-13-4-2-3-5-14(13)16(18)17-15/h2-10H,1H3,(H,17,18)/b15-10-. The first-order chi connectivity index (χ1) is 9.78. The van der Waals surface area contributed by atoms with Gasteiger partial charge >= 0.3 is 0 Å². The predicted molar refractivity (Wildman–Crippen MR) is 75.5 cm³/mol. The second-order valence-corrected chi connectivity index (χ2v) is 4.32. The number of carbonyl (C=O) groups excluding carboxylic acids is 1. The summed E-state index contributed by atoms with van der Waals surface area (Å²) in [6.45, 7) is 0. The maximum absolute atomic E-state index is 11.7. The zero-order valence-corrected chi connectivity index (χ0v) is 10.9. The number of benzene rings is 2. The quantitative estimate of drug-likeness (QED) is 0.870. The highest BCUT2D eigenvalue weighted by Gasteiger charge is 2.22. The van der Waals surface area contributed by atoms with Crippen LogP contribution in [0.5, 0.6) is 11.5 Å². The van der Waals surface area contributed by atoms with Crippen LogP contribution in [0.1, 0.15) is 15.9 Å². The number of hydrogen-bond acceptors (Lipinski definition) is 3. The number of nitrogens with one attached hydrogen (secondary N) is 1. The highest BCUT2D eigenvalue weighted by atomic mass is 16.5. The Bertz CT molecular complexity index is 674. The largest absolute Gasteiger partial charge is 0.497 e. The van der Waals surface area contributed by atoms with Crippen LogP contribution in [0.25, 0.3) is 5.70 Å². The van der Waals surface area contributed by atoms with Gasteiger partial charge in [0.15, 0.2) is 0 Å². The molecule has 1 aliphatic rings. The van der Waals surface area contributed by atoms with E-state index in [0.717, 1.165) is 11.3 Å². The Morgan fingerprint density at radius 3 is 2.30 bits per heavy atom. The van der Waals surface area contributed by atoms with Crippen LogP contribution in [0.4, 0.5) is 0 Å². The van der Waals surface area contributed by atoms with Crippen molar-refractivity contribution in [3.05, 3.63) is 65.9 Å². The molecule has 100 valence electrons. The van der Waals surface area contributed by atoms with E-state index in [0.29, 0.717) is 17.0 Å². The van der Waals surface area contributed by atoms with E-state index < -0.39 is 0 Å². The molecule has 0 spiro atoms. The number of rotatable bonds is 3. The van der Waals surface area contributed by atoms with E-state index in [-0.39, 0.29) is 5.91 Å². The molecule has 20 heavy (non-hydrogen) atoms.